The molecule has 0 radical (unpaired) electrons. The quantitative estimate of drug-likeness (QED) is 0.768. The summed E-state index contributed by atoms with van der Waals surface area (Å²) in [5.74, 6) is 0.469. The van der Waals surface area contributed by atoms with E-state index in [1.54, 1.807) is 17.4 Å². The number of ketones is 1. The lowest BCUT2D eigenvalue weighted by Crippen LogP contribution is -2.15. The molecule has 0 amide bonds. The van der Waals surface area contributed by atoms with Crippen molar-refractivity contribution in [3.63, 3.8) is 0 Å². The molecule has 0 saturated heterocycles. The molecule has 2 N–H and O–H groups in total. The molecule has 2 rings (SSSR count). The molecule has 1 aliphatic carbocycles. The van der Waals surface area contributed by atoms with Crippen LogP contribution in [0.1, 0.15) is 28.5 Å². The van der Waals surface area contributed by atoms with Crippen LogP contribution in [0.4, 0.5) is 0 Å². The maximum atomic E-state index is 11.3. The lowest BCUT2D eigenvalue weighted by atomic mass is 9.90. The Morgan fingerprint density at radius 1 is 1.43 bits per heavy atom. The molecule has 74 valence electrons. The van der Waals surface area contributed by atoms with E-state index in [1.807, 2.05) is 0 Å². The topological polar surface area (TPSA) is 43.1 Å². The third-order valence-corrected chi connectivity index (χ3v) is 3.60. The first-order valence-electron chi connectivity index (χ1n) is 4.70. The molecule has 14 heavy (non-hydrogen) atoms. The van der Waals surface area contributed by atoms with Crippen LogP contribution in [0.5, 0.6) is 0 Å². The predicted molar refractivity (Wildman–Crippen MR) is 58.3 cm³/mol. The number of carbonyl (C=O) groups is 1. The Morgan fingerprint density at radius 3 is 2.79 bits per heavy atom. The van der Waals surface area contributed by atoms with Crippen molar-refractivity contribution in [2.45, 2.75) is 25.7 Å². The van der Waals surface area contributed by atoms with Gasteiger partial charge in [-0.05, 0) is 31.6 Å². The number of aryl methyl sites for hydroxylation is 1. The number of thiophene rings is 1. The van der Waals surface area contributed by atoms with Crippen LogP contribution in [-0.2, 0) is 4.79 Å². The molecule has 2 nitrogen and oxygen atoms in total. The first-order chi connectivity index (χ1) is 6.65. The monoisotopic (exact) mass is 207 g/mol. The number of hydrogen-bond acceptors (Lipinski definition) is 3. The zero-order valence-electron chi connectivity index (χ0n) is 8.12. The summed E-state index contributed by atoms with van der Waals surface area (Å²) in [5, 5.41) is 0. The van der Waals surface area contributed by atoms with Crippen LogP contribution in [0.3, 0.4) is 0 Å². The fraction of sp³-hybridized carbons (Fsp3) is 0.364. The molecular formula is C11H13NOS. The van der Waals surface area contributed by atoms with Gasteiger partial charge in [0.1, 0.15) is 0 Å². The number of hydrogen-bond donors (Lipinski definition) is 1. The molecule has 0 saturated carbocycles. The highest BCUT2D eigenvalue weighted by Gasteiger charge is 2.21. The zero-order valence-corrected chi connectivity index (χ0v) is 8.93. The largest absolute Gasteiger partial charge is 0.402 e. The van der Waals surface area contributed by atoms with Crippen LogP contribution >= 0.6 is 11.3 Å². The van der Waals surface area contributed by atoms with E-state index >= 15 is 0 Å². The second-order valence-electron chi connectivity index (χ2n) is 3.74. The van der Waals surface area contributed by atoms with Crippen molar-refractivity contribution in [1.82, 2.24) is 0 Å². The lowest BCUT2D eigenvalue weighted by Gasteiger charge is -2.18. The van der Waals surface area contributed by atoms with Gasteiger partial charge in [0.25, 0.3) is 0 Å². The molecule has 0 aromatic carbocycles. The van der Waals surface area contributed by atoms with Crippen molar-refractivity contribution < 1.29 is 4.79 Å². The molecule has 1 aliphatic rings. The molecule has 1 unspecified atom stereocenters. The smallest absolute Gasteiger partial charge is 0.158 e. The summed E-state index contributed by atoms with van der Waals surface area (Å²) in [6, 6.07) is 4.20. The van der Waals surface area contributed by atoms with Gasteiger partial charge in [-0.1, -0.05) is 0 Å². The zero-order chi connectivity index (χ0) is 10.1. The Kier molecular flexibility index (Phi) is 2.42. The van der Waals surface area contributed by atoms with Crippen LogP contribution in [0.25, 0.3) is 0 Å². The van der Waals surface area contributed by atoms with Crippen molar-refractivity contribution in [2.24, 2.45) is 5.73 Å². The normalized spacial score (nSPS) is 22.2. The van der Waals surface area contributed by atoms with Crippen molar-refractivity contribution in [3.05, 3.63) is 33.7 Å². The Hall–Kier alpha value is -1.09. The van der Waals surface area contributed by atoms with E-state index in [0.717, 1.165) is 12.1 Å². The van der Waals surface area contributed by atoms with Gasteiger partial charge >= 0.3 is 0 Å². The number of nitrogens with two attached hydrogens (primary N) is 1. The van der Waals surface area contributed by atoms with Crippen LogP contribution in [0, 0.1) is 6.92 Å². The molecule has 1 aromatic heterocycles. The van der Waals surface area contributed by atoms with Gasteiger partial charge in [-0.3, -0.25) is 4.79 Å². The highest BCUT2D eigenvalue weighted by molar-refractivity contribution is 7.12. The van der Waals surface area contributed by atoms with E-state index in [2.05, 4.69) is 19.1 Å². The molecule has 1 atom stereocenters. The average Bonchev–Trinajstić information content (AvgIpc) is 2.50. The molecule has 3 heteroatoms. The highest BCUT2D eigenvalue weighted by Crippen LogP contribution is 2.33. The molecule has 0 aliphatic heterocycles. The minimum absolute atomic E-state index is 0.157. The van der Waals surface area contributed by atoms with Gasteiger partial charge in [-0.2, -0.15) is 0 Å². The summed E-state index contributed by atoms with van der Waals surface area (Å²) in [4.78, 5) is 13.9. The Balaban J connectivity index is 2.21. The second kappa shape index (κ2) is 3.58. The third-order valence-electron chi connectivity index (χ3n) is 2.44. The summed E-state index contributed by atoms with van der Waals surface area (Å²) in [6.45, 7) is 2.08. The summed E-state index contributed by atoms with van der Waals surface area (Å²) in [6.07, 6.45) is 3.00. The van der Waals surface area contributed by atoms with E-state index < -0.39 is 0 Å². The average molecular weight is 207 g/mol. The van der Waals surface area contributed by atoms with E-state index in [-0.39, 0.29) is 5.78 Å². The SMILES string of the molecule is Cc1ccc(C2CC(=O)C=C(N)C2)s1. The fourth-order valence-corrected chi connectivity index (χ4v) is 2.78. The van der Waals surface area contributed by atoms with Gasteiger partial charge in [0.05, 0.1) is 0 Å². The van der Waals surface area contributed by atoms with E-state index in [0.29, 0.717) is 12.3 Å². The maximum Gasteiger partial charge on any atom is 0.158 e. The van der Waals surface area contributed by atoms with Crippen molar-refractivity contribution in [1.29, 1.82) is 0 Å². The molecule has 1 aromatic rings. The van der Waals surface area contributed by atoms with Gasteiger partial charge in [0, 0.05) is 27.8 Å². The van der Waals surface area contributed by atoms with Crippen LogP contribution in [-0.4, -0.2) is 5.78 Å². The van der Waals surface area contributed by atoms with Crippen LogP contribution in [0.15, 0.2) is 23.9 Å². The molecule has 0 spiro atoms. The van der Waals surface area contributed by atoms with Crippen molar-refractivity contribution in [3.8, 4) is 0 Å². The van der Waals surface area contributed by atoms with Gasteiger partial charge in [-0.15, -0.1) is 11.3 Å². The minimum Gasteiger partial charge on any atom is -0.402 e. The summed E-state index contributed by atoms with van der Waals surface area (Å²) in [7, 11) is 0. The number of carbonyl (C=O) groups excluding carboxylic acids is 1. The van der Waals surface area contributed by atoms with Crippen molar-refractivity contribution >= 4 is 17.1 Å². The van der Waals surface area contributed by atoms with E-state index in [4.69, 9.17) is 5.73 Å². The third kappa shape index (κ3) is 1.87. The maximum absolute atomic E-state index is 11.3. The lowest BCUT2D eigenvalue weighted by molar-refractivity contribution is -0.115. The summed E-state index contributed by atoms with van der Waals surface area (Å²) >= 11 is 1.76. The Labute approximate surface area is 87.4 Å². The van der Waals surface area contributed by atoms with Gasteiger partial charge < -0.3 is 5.73 Å². The predicted octanol–water partition coefficient (Wildman–Crippen LogP) is 2.35. The standard InChI is InChI=1S/C11H13NOS/c1-7-2-3-11(14-7)8-4-9(12)6-10(13)5-8/h2-3,6,8H,4-5,12H2,1H3. The number of rotatable bonds is 1. The first-order valence-corrected chi connectivity index (χ1v) is 5.52. The summed E-state index contributed by atoms with van der Waals surface area (Å²) in [5.41, 5.74) is 6.42. The molecule has 0 bridgehead atoms. The van der Waals surface area contributed by atoms with E-state index in [9.17, 15) is 4.79 Å². The second-order valence-corrected chi connectivity index (χ2v) is 5.06. The van der Waals surface area contributed by atoms with E-state index in [1.165, 1.54) is 9.75 Å². The van der Waals surface area contributed by atoms with Gasteiger partial charge in [0.2, 0.25) is 0 Å². The molecule has 0 fully saturated rings. The van der Waals surface area contributed by atoms with Crippen LogP contribution < -0.4 is 5.73 Å². The number of allylic oxidation sites excluding steroid dienone is 2. The Morgan fingerprint density at radius 2 is 2.21 bits per heavy atom. The minimum atomic E-state index is 0.157. The summed E-state index contributed by atoms with van der Waals surface area (Å²) < 4.78 is 0. The first kappa shape index (κ1) is 9.46. The fourth-order valence-electron chi connectivity index (χ4n) is 1.80. The molecular weight excluding hydrogens is 194 g/mol. The van der Waals surface area contributed by atoms with Gasteiger partial charge in [-0.25, -0.2) is 0 Å². The molecule has 1 heterocycles. The van der Waals surface area contributed by atoms with Gasteiger partial charge in [0.15, 0.2) is 5.78 Å². The van der Waals surface area contributed by atoms with Crippen molar-refractivity contribution in [2.75, 3.05) is 0 Å². The highest BCUT2D eigenvalue weighted by atomic mass is 32.1. The van der Waals surface area contributed by atoms with Crippen LogP contribution in [0.2, 0.25) is 0 Å². The Bertz CT molecular complexity index is 392.